The molecule has 2 aromatic carbocycles. The summed E-state index contributed by atoms with van der Waals surface area (Å²) in [5, 5.41) is 5.67. The number of carbonyl (C=O) groups excluding carboxylic acids is 2. The number of fused-ring (bicyclic) bond motifs is 1. The summed E-state index contributed by atoms with van der Waals surface area (Å²) in [5.74, 6) is -0.547. The fraction of sp³-hybridized carbons (Fsp3) is 0.391. The van der Waals surface area contributed by atoms with Crippen LogP contribution in [-0.2, 0) is 26.0 Å². The number of benzene rings is 2. The Balaban J connectivity index is 1.54. The van der Waals surface area contributed by atoms with E-state index in [4.69, 9.17) is 4.74 Å². The van der Waals surface area contributed by atoms with Crippen LogP contribution in [0.25, 0.3) is 0 Å². The third kappa shape index (κ3) is 4.35. The normalized spacial score (nSPS) is 18.9. The molecule has 0 spiro atoms. The maximum Gasteiger partial charge on any atom is 0.262 e. The summed E-state index contributed by atoms with van der Waals surface area (Å²) in [6, 6.07) is 10.7. The number of hydrogen-bond donors (Lipinski definition) is 2. The number of aryl methyl sites for hydroxylation is 2. The van der Waals surface area contributed by atoms with Crippen molar-refractivity contribution in [1.82, 2.24) is 4.31 Å². The zero-order valence-electron chi connectivity index (χ0n) is 18.2. The number of para-hydroxylation sites is 1. The molecule has 2 aromatic rings. The Kier molecular flexibility index (Phi) is 6.21. The van der Waals surface area contributed by atoms with Crippen molar-refractivity contribution in [3.63, 3.8) is 0 Å². The van der Waals surface area contributed by atoms with Gasteiger partial charge in [0.1, 0.15) is 5.75 Å². The van der Waals surface area contributed by atoms with Crippen molar-refractivity contribution in [3.05, 3.63) is 47.5 Å². The molecule has 1 fully saturated rings. The van der Waals surface area contributed by atoms with Gasteiger partial charge >= 0.3 is 0 Å². The van der Waals surface area contributed by atoms with Gasteiger partial charge in [0.2, 0.25) is 15.9 Å². The second-order valence-electron chi connectivity index (χ2n) is 8.15. The average molecular weight is 458 g/mol. The van der Waals surface area contributed by atoms with Gasteiger partial charge in [-0.3, -0.25) is 9.59 Å². The van der Waals surface area contributed by atoms with E-state index in [1.165, 1.54) is 10.4 Å². The molecule has 1 atom stereocenters. The zero-order valence-corrected chi connectivity index (χ0v) is 19.0. The zero-order chi connectivity index (χ0) is 22.9. The monoisotopic (exact) mass is 457 g/mol. The van der Waals surface area contributed by atoms with E-state index in [0.29, 0.717) is 36.4 Å². The summed E-state index contributed by atoms with van der Waals surface area (Å²) >= 11 is 0. The Labute approximate surface area is 188 Å². The number of nitrogens with one attached hydrogen (secondary N) is 2. The van der Waals surface area contributed by atoms with E-state index in [9.17, 15) is 18.0 Å². The summed E-state index contributed by atoms with van der Waals surface area (Å²) in [6.45, 7) is 4.03. The van der Waals surface area contributed by atoms with Gasteiger partial charge in [-0.2, -0.15) is 4.31 Å². The van der Waals surface area contributed by atoms with Crippen LogP contribution >= 0.6 is 0 Å². The molecular weight excluding hydrogens is 430 g/mol. The minimum Gasteiger partial charge on any atom is -0.482 e. The van der Waals surface area contributed by atoms with Gasteiger partial charge in [-0.25, -0.2) is 8.42 Å². The van der Waals surface area contributed by atoms with Gasteiger partial charge in [-0.15, -0.1) is 0 Å². The molecule has 2 heterocycles. The van der Waals surface area contributed by atoms with Crippen LogP contribution in [0.1, 0.15) is 30.9 Å². The van der Waals surface area contributed by atoms with Crippen LogP contribution in [0, 0.1) is 12.8 Å². The van der Waals surface area contributed by atoms with Gasteiger partial charge in [0.05, 0.1) is 16.5 Å². The lowest BCUT2D eigenvalue weighted by molar-refractivity contribution is -0.121. The number of amides is 2. The molecule has 32 heavy (non-hydrogen) atoms. The Morgan fingerprint density at radius 1 is 1.28 bits per heavy atom. The second kappa shape index (κ2) is 8.91. The van der Waals surface area contributed by atoms with E-state index in [1.54, 1.807) is 13.0 Å². The van der Waals surface area contributed by atoms with E-state index >= 15 is 0 Å². The maximum absolute atomic E-state index is 13.4. The predicted molar refractivity (Wildman–Crippen MR) is 121 cm³/mol. The molecule has 9 heteroatoms. The molecule has 0 aliphatic carbocycles. The highest BCUT2D eigenvalue weighted by Gasteiger charge is 2.35. The lowest BCUT2D eigenvalue weighted by Crippen LogP contribution is -2.44. The quantitative estimate of drug-likeness (QED) is 0.718. The molecule has 2 aliphatic heterocycles. The van der Waals surface area contributed by atoms with Crippen molar-refractivity contribution in [2.75, 3.05) is 30.3 Å². The fourth-order valence-corrected chi connectivity index (χ4v) is 5.94. The van der Waals surface area contributed by atoms with Crippen LogP contribution in [0.4, 0.5) is 11.4 Å². The lowest BCUT2D eigenvalue weighted by Gasteiger charge is -2.32. The average Bonchev–Trinajstić information content (AvgIpc) is 2.78. The second-order valence-corrected chi connectivity index (χ2v) is 10.1. The smallest absolute Gasteiger partial charge is 0.262 e. The first-order valence-electron chi connectivity index (χ1n) is 10.8. The van der Waals surface area contributed by atoms with E-state index in [2.05, 4.69) is 10.6 Å². The van der Waals surface area contributed by atoms with Gasteiger partial charge in [0, 0.05) is 24.8 Å². The third-order valence-corrected chi connectivity index (χ3v) is 7.95. The summed E-state index contributed by atoms with van der Waals surface area (Å²) in [5.41, 5.74) is 2.78. The number of piperidine rings is 1. The summed E-state index contributed by atoms with van der Waals surface area (Å²) < 4.78 is 33.7. The first kappa shape index (κ1) is 22.3. The summed E-state index contributed by atoms with van der Waals surface area (Å²) in [7, 11) is -3.83. The molecule has 2 N–H and O–H groups in total. The number of nitrogens with zero attached hydrogens (tertiary/aromatic N) is 1. The highest BCUT2D eigenvalue weighted by Crippen LogP contribution is 2.35. The van der Waals surface area contributed by atoms with Crippen molar-refractivity contribution in [1.29, 1.82) is 0 Å². The Morgan fingerprint density at radius 3 is 2.84 bits per heavy atom. The largest absolute Gasteiger partial charge is 0.482 e. The standard InChI is InChI=1S/C23H27N3O5S/c1-3-16-7-4-5-9-18(16)25-23(28)17-8-6-10-26(13-17)32(29,30)21-12-20-19(11-15(21)2)24-22(27)14-31-20/h4-5,7,9,11-12,17H,3,6,8,10,13-14H2,1-2H3,(H,24,27)(H,25,28)/t17-/m1/s1. The van der Waals surface area contributed by atoms with Crippen molar-refractivity contribution in [2.24, 2.45) is 5.92 Å². The van der Waals surface area contributed by atoms with Crippen LogP contribution in [0.15, 0.2) is 41.3 Å². The number of rotatable bonds is 5. The molecule has 2 amide bonds. The molecule has 1 saturated heterocycles. The van der Waals surface area contributed by atoms with Gasteiger partial charge in [0.25, 0.3) is 5.91 Å². The van der Waals surface area contributed by atoms with Crippen molar-refractivity contribution >= 4 is 33.2 Å². The lowest BCUT2D eigenvalue weighted by atomic mass is 9.98. The maximum atomic E-state index is 13.4. The van der Waals surface area contributed by atoms with Crippen molar-refractivity contribution in [3.8, 4) is 5.75 Å². The summed E-state index contributed by atoms with van der Waals surface area (Å²) in [4.78, 5) is 24.6. The van der Waals surface area contributed by atoms with Crippen LogP contribution in [0.3, 0.4) is 0 Å². The van der Waals surface area contributed by atoms with Crippen LogP contribution in [0.5, 0.6) is 5.75 Å². The van der Waals surface area contributed by atoms with E-state index in [0.717, 1.165) is 17.7 Å². The topological polar surface area (TPSA) is 105 Å². The molecule has 2 aliphatic rings. The minimum atomic E-state index is -3.83. The number of sulfonamides is 1. The minimum absolute atomic E-state index is 0.122. The SMILES string of the molecule is CCc1ccccc1NC(=O)[C@@H]1CCCN(S(=O)(=O)c2cc3c(cc2C)NC(=O)CO3)C1. The Morgan fingerprint density at radius 2 is 2.06 bits per heavy atom. The van der Waals surface area contributed by atoms with E-state index < -0.39 is 15.9 Å². The van der Waals surface area contributed by atoms with Gasteiger partial charge in [-0.1, -0.05) is 25.1 Å². The molecule has 0 radical (unpaired) electrons. The molecule has 0 saturated carbocycles. The highest BCUT2D eigenvalue weighted by atomic mass is 32.2. The van der Waals surface area contributed by atoms with Gasteiger partial charge in [0.15, 0.2) is 6.61 Å². The molecule has 0 aromatic heterocycles. The number of carbonyl (C=O) groups is 2. The van der Waals surface area contributed by atoms with Crippen molar-refractivity contribution < 1.29 is 22.7 Å². The molecular formula is C23H27N3O5S. The van der Waals surface area contributed by atoms with Gasteiger partial charge in [-0.05, 0) is 49.4 Å². The molecule has 0 unspecified atom stereocenters. The summed E-state index contributed by atoms with van der Waals surface area (Å²) in [6.07, 6.45) is 2.02. The number of ether oxygens (including phenoxy) is 1. The predicted octanol–water partition coefficient (Wildman–Crippen LogP) is 2.93. The Bertz CT molecular complexity index is 1160. The first-order valence-corrected chi connectivity index (χ1v) is 12.2. The highest BCUT2D eigenvalue weighted by molar-refractivity contribution is 7.89. The van der Waals surface area contributed by atoms with E-state index in [1.807, 2.05) is 31.2 Å². The fourth-order valence-electron chi connectivity index (χ4n) is 4.19. The first-order chi connectivity index (χ1) is 15.3. The molecule has 0 bridgehead atoms. The van der Waals surface area contributed by atoms with E-state index in [-0.39, 0.29) is 29.9 Å². The Hall–Kier alpha value is -2.91. The molecule has 170 valence electrons. The number of anilines is 2. The third-order valence-electron chi connectivity index (χ3n) is 5.94. The molecule has 4 rings (SSSR count). The van der Waals surface area contributed by atoms with Crippen molar-refractivity contribution in [2.45, 2.75) is 38.0 Å². The van der Waals surface area contributed by atoms with Crippen LogP contribution in [0.2, 0.25) is 0 Å². The van der Waals surface area contributed by atoms with Gasteiger partial charge < -0.3 is 15.4 Å². The number of hydrogen-bond acceptors (Lipinski definition) is 5. The van der Waals surface area contributed by atoms with Crippen LogP contribution in [-0.4, -0.2) is 44.2 Å². The molecule has 8 nitrogen and oxygen atoms in total. The van der Waals surface area contributed by atoms with Crippen LogP contribution < -0.4 is 15.4 Å².